The van der Waals surface area contributed by atoms with Crippen LogP contribution in [0.4, 0.5) is 0 Å². The van der Waals surface area contributed by atoms with E-state index in [1.165, 1.54) is 4.21 Å². The van der Waals surface area contributed by atoms with Gasteiger partial charge in [-0.25, -0.2) is 4.98 Å². The summed E-state index contributed by atoms with van der Waals surface area (Å²) >= 11 is 3.40. The molecular formula is C11H12N2S2. The third kappa shape index (κ3) is 2.81. The minimum Gasteiger partial charge on any atom is -0.324 e. The van der Waals surface area contributed by atoms with Gasteiger partial charge in [0.2, 0.25) is 0 Å². The molecule has 2 rings (SSSR count). The second-order valence-electron chi connectivity index (χ2n) is 3.25. The average Bonchev–Trinajstić information content (AvgIpc) is 2.71. The van der Waals surface area contributed by atoms with Crippen molar-refractivity contribution in [2.75, 3.05) is 0 Å². The molecule has 0 radical (unpaired) electrons. The Labute approximate surface area is 97.5 Å². The maximum Gasteiger partial charge on any atom is 0.102 e. The Morgan fingerprint density at radius 3 is 3.00 bits per heavy atom. The molecule has 4 heteroatoms. The zero-order valence-corrected chi connectivity index (χ0v) is 10.0. The molecule has 0 saturated carbocycles. The zero-order valence-electron chi connectivity index (χ0n) is 8.38. The predicted octanol–water partition coefficient (Wildman–Crippen LogP) is 3.31. The molecule has 1 atom stereocenters. The lowest BCUT2D eigenvalue weighted by atomic mass is 10.1. The molecule has 0 amide bonds. The van der Waals surface area contributed by atoms with Crippen molar-refractivity contribution in [3.05, 3.63) is 41.4 Å². The highest BCUT2D eigenvalue weighted by molar-refractivity contribution is 8.01. The van der Waals surface area contributed by atoms with Crippen molar-refractivity contribution < 1.29 is 0 Å². The molecule has 2 N–H and O–H groups in total. The molecule has 2 aromatic rings. The third-order valence-corrected chi connectivity index (χ3v) is 3.95. The van der Waals surface area contributed by atoms with Gasteiger partial charge in [0.1, 0.15) is 5.03 Å². The van der Waals surface area contributed by atoms with Gasteiger partial charge in [0, 0.05) is 12.2 Å². The van der Waals surface area contributed by atoms with Crippen molar-refractivity contribution in [3.63, 3.8) is 0 Å². The molecule has 0 aliphatic rings. The number of aromatic nitrogens is 1. The van der Waals surface area contributed by atoms with Crippen molar-refractivity contribution in [2.45, 2.75) is 22.2 Å². The number of hydrogen-bond donors (Lipinski definition) is 1. The van der Waals surface area contributed by atoms with Crippen LogP contribution in [-0.4, -0.2) is 4.98 Å². The second-order valence-corrected chi connectivity index (χ2v) is 5.52. The zero-order chi connectivity index (χ0) is 10.7. The van der Waals surface area contributed by atoms with Crippen LogP contribution in [0.25, 0.3) is 0 Å². The molecule has 0 saturated heterocycles. The van der Waals surface area contributed by atoms with Gasteiger partial charge < -0.3 is 5.73 Å². The van der Waals surface area contributed by atoms with Crippen LogP contribution in [-0.2, 0) is 0 Å². The first-order valence-electron chi connectivity index (χ1n) is 4.68. The summed E-state index contributed by atoms with van der Waals surface area (Å²) < 4.78 is 1.25. The van der Waals surface area contributed by atoms with Crippen molar-refractivity contribution in [1.29, 1.82) is 0 Å². The first-order valence-corrected chi connectivity index (χ1v) is 6.38. The summed E-state index contributed by atoms with van der Waals surface area (Å²) in [6.45, 7) is 1.98. The smallest absolute Gasteiger partial charge is 0.102 e. The Morgan fingerprint density at radius 1 is 1.47 bits per heavy atom. The molecule has 2 heterocycles. The van der Waals surface area contributed by atoms with Gasteiger partial charge >= 0.3 is 0 Å². The number of hydrogen-bond acceptors (Lipinski definition) is 4. The predicted molar refractivity (Wildman–Crippen MR) is 65.3 cm³/mol. The first kappa shape index (κ1) is 10.7. The molecule has 0 fully saturated rings. The van der Waals surface area contributed by atoms with E-state index < -0.39 is 0 Å². The number of rotatable bonds is 3. The Bertz CT molecular complexity index is 424. The number of thiophene rings is 1. The van der Waals surface area contributed by atoms with Gasteiger partial charge in [-0.2, -0.15) is 0 Å². The highest BCUT2D eigenvalue weighted by Crippen LogP contribution is 2.30. The molecule has 0 bridgehead atoms. The molecule has 78 valence electrons. The summed E-state index contributed by atoms with van der Waals surface area (Å²) in [4.78, 5) is 4.31. The summed E-state index contributed by atoms with van der Waals surface area (Å²) in [6, 6.07) is 8.21. The van der Waals surface area contributed by atoms with Gasteiger partial charge in [0.05, 0.1) is 4.21 Å². The molecule has 2 nitrogen and oxygen atoms in total. The van der Waals surface area contributed by atoms with E-state index in [1.807, 2.05) is 25.3 Å². The Kier molecular flexibility index (Phi) is 3.41. The van der Waals surface area contributed by atoms with E-state index in [4.69, 9.17) is 5.73 Å². The summed E-state index contributed by atoms with van der Waals surface area (Å²) in [5, 5.41) is 3.07. The van der Waals surface area contributed by atoms with Crippen molar-refractivity contribution in [2.24, 2.45) is 5.73 Å². The molecule has 0 unspecified atom stereocenters. The lowest BCUT2D eigenvalue weighted by Crippen LogP contribution is -2.04. The van der Waals surface area contributed by atoms with Crippen LogP contribution in [0, 0.1) is 0 Å². The molecule has 15 heavy (non-hydrogen) atoms. The van der Waals surface area contributed by atoms with Crippen LogP contribution in [0.5, 0.6) is 0 Å². The Balaban J connectivity index is 2.18. The van der Waals surface area contributed by atoms with Crippen LogP contribution < -0.4 is 5.73 Å². The van der Waals surface area contributed by atoms with E-state index in [2.05, 4.69) is 22.5 Å². The third-order valence-electron chi connectivity index (χ3n) is 1.98. The SMILES string of the molecule is C[C@H](N)c1ccnc(Sc2cccs2)c1. The van der Waals surface area contributed by atoms with Crippen LogP contribution in [0.3, 0.4) is 0 Å². The second kappa shape index (κ2) is 4.79. The Hall–Kier alpha value is -0.840. The maximum absolute atomic E-state index is 5.82. The van der Waals surface area contributed by atoms with Gasteiger partial charge in [-0.3, -0.25) is 0 Å². The van der Waals surface area contributed by atoms with Gasteiger partial charge in [0.15, 0.2) is 0 Å². The quantitative estimate of drug-likeness (QED) is 0.888. The lowest BCUT2D eigenvalue weighted by Gasteiger charge is -2.06. The number of pyridine rings is 1. The van der Waals surface area contributed by atoms with Crippen LogP contribution in [0.15, 0.2) is 45.1 Å². The molecule has 0 aromatic carbocycles. The van der Waals surface area contributed by atoms with Crippen molar-refractivity contribution >= 4 is 23.1 Å². The molecular weight excluding hydrogens is 224 g/mol. The fraction of sp³-hybridized carbons (Fsp3) is 0.182. The first-order chi connectivity index (χ1) is 7.25. The number of nitrogens with two attached hydrogens (primary N) is 1. The summed E-state index contributed by atoms with van der Waals surface area (Å²) in [6.07, 6.45) is 1.81. The van der Waals surface area contributed by atoms with Crippen LogP contribution in [0.2, 0.25) is 0 Å². The van der Waals surface area contributed by atoms with E-state index in [1.54, 1.807) is 23.1 Å². The maximum atomic E-state index is 5.82. The van der Waals surface area contributed by atoms with Gasteiger partial charge in [0.25, 0.3) is 0 Å². The van der Waals surface area contributed by atoms with Crippen LogP contribution >= 0.6 is 23.1 Å². The fourth-order valence-corrected chi connectivity index (χ4v) is 2.91. The summed E-state index contributed by atoms with van der Waals surface area (Å²) in [5.74, 6) is 0. The Morgan fingerprint density at radius 2 is 2.33 bits per heavy atom. The highest BCUT2D eigenvalue weighted by atomic mass is 32.2. The molecule has 2 aromatic heterocycles. The topological polar surface area (TPSA) is 38.9 Å². The highest BCUT2D eigenvalue weighted by Gasteiger charge is 2.03. The van der Waals surface area contributed by atoms with Gasteiger partial charge in [-0.15, -0.1) is 11.3 Å². The monoisotopic (exact) mass is 236 g/mol. The van der Waals surface area contributed by atoms with Crippen LogP contribution in [0.1, 0.15) is 18.5 Å². The lowest BCUT2D eigenvalue weighted by molar-refractivity contribution is 0.808. The van der Waals surface area contributed by atoms with Crippen molar-refractivity contribution in [1.82, 2.24) is 4.98 Å². The number of nitrogens with zero attached hydrogens (tertiary/aromatic N) is 1. The van der Waals surface area contributed by atoms with E-state index in [0.717, 1.165) is 10.6 Å². The van der Waals surface area contributed by atoms with E-state index in [9.17, 15) is 0 Å². The van der Waals surface area contributed by atoms with Gasteiger partial charge in [-0.1, -0.05) is 17.8 Å². The van der Waals surface area contributed by atoms with Crippen molar-refractivity contribution in [3.8, 4) is 0 Å². The molecule has 0 aliphatic heterocycles. The summed E-state index contributed by atoms with van der Waals surface area (Å²) in [7, 11) is 0. The standard InChI is InChI=1S/C11H12N2S2/c1-8(12)9-4-5-13-10(7-9)15-11-3-2-6-14-11/h2-8H,12H2,1H3/t8-/m0/s1. The average molecular weight is 236 g/mol. The van der Waals surface area contributed by atoms with E-state index in [0.29, 0.717) is 0 Å². The normalized spacial score (nSPS) is 12.7. The van der Waals surface area contributed by atoms with E-state index >= 15 is 0 Å². The minimum atomic E-state index is 0.0654. The molecule has 0 aliphatic carbocycles. The van der Waals surface area contributed by atoms with Gasteiger partial charge in [-0.05, 0) is 36.1 Å². The molecule has 0 spiro atoms. The summed E-state index contributed by atoms with van der Waals surface area (Å²) in [5.41, 5.74) is 6.95. The van der Waals surface area contributed by atoms with E-state index in [-0.39, 0.29) is 6.04 Å². The minimum absolute atomic E-state index is 0.0654. The largest absolute Gasteiger partial charge is 0.324 e. The fourth-order valence-electron chi connectivity index (χ4n) is 1.19.